The van der Waals surface area contributed by atoms with Gasteiger partial charge in [0.2, 0.25) is 0 Å². The van der Waals surface area contributed by atoms with Crippen molar-refractivity contribution in [2.75, 3.05) is 0 Å². The fraction of sp³-hybridized carbons (Fsp3) is 0.667. The molecule has 16 heavy (non-hydrogen) atoms. The molecule has 0 amide bonds. The van der Waals surface area contributed by atoms with Gasteiger partial charge >= 0.3 is 160 Å². The van der Waals surface area contributed by atoms with Crippen LogP contribution in [-0.4, -0.2) is 21.4 Å². The van der Waals surface area contributed by atoms with Crippen molar-refractivity contribution >= 4 is 5.97 Å². The molecule has 0 rings (SSSR count). The molecule has 0 unspecified atom stereocenters. The molecule has 0 aliphatic carbocycles. The molecule has 0 aromatic heterocycles. The Labute approximate surface area is 217 Å². The van der Waals surface area contributed by atoms with Gasteiger partial charge in [0.1, 0.15) is 0 Å². The Morgan fingerprint density at radius 2 is 1.31 bits per heavy atom. The number of aliphatic carboxylic acids is 1. The molecule has 0 spiro atoms. The van der Waals surface area contributed by atoms with E-state index in [1.54, 1.807) is 10.6 Å². The van der Waals surface area contributed by atoms with Crippen LogP contribution < -0.4 is 159 Å². The van der Waals surface area contributed by atoms with Gasteiger partial charge in [-0.1, -0.05) is 0 Å². The minimum absolute atomic E-state index is 0. The minimum Gasteiger partial charge on any atom is -0.739 e. The Hall–Kier alpha value is 2.78. The molecule has 10 nitrogen and oxygen atoms in total. The van der Waals surface area contributed by atoms with Crippen molar-refractivity contribution in [3.63, 3.8) is 0 Å². The van der Waals surface area contributed by atoms with E-state index in [0.717, 1.165) is 0 Å². The fourth-order valence-corrected chi connectivity index (χ4v) is 0.388. The number of hydroxylamine groups is 2. The predicted octanol–water partition coefficient (Wildman–Crippen LogP) is -10.6. The van der Waals surface area contributed by atoms with E-state index in [1.165, 1.54) is 0 Å². The SMILES string of the molecule is CC(C(=O)[O-])(/[N+]([O-])=N/[O-])/[N+]([O-])=N/[O-].[K+].[K+].[K+]. The predicted molar refractivity (Wildman–Crippen MR) is 32.3 cm³/mol. The summed E-state index contributed by atoms with van der Waals surface area (Å²) in [6.07, 6.45) is 0. The van der Waals surface area contributed by atoms with E-state index in [2.05, 4.69) is 0 Å². The number of carbonyl (C=O) groups excluding carboxylic acids is 1. The van der Waals surface area contributed by atoms with Gasteiger partial charge in [0.15, 0.2) is 5.97 Å². The Morgan fingerprint density at radius 3 is 1.44 bits per heavy atom. The first kappa shape index (κ1) is 27.2. The van der Waals surface area contributed by atoms with Gasteiger partial charge in [-0.15, -0.1) is 0 Å². The Morgan fingerprint density at radius 1 is 1.06 bits per heavy atom. The maximum atomic E-state index is 10.5. The van der Waals surface area contributed by atoms with Crippen molar-refractivity contribution in [2.24, 2.45) is 10.6 Å². The number of hydrogen-bond donors (Lipinski definition) is 0. The maximum absolute atomic E-state index is 10.5. The molecular formula is C3H3K3N4O6. The molecule has 0 aliphatic heterocycles. The summed E-state index contributed by atoms with van der Waals surface area (Å²) in [5.41, 5.74) is -3.08. The summed E-state index contributed by atoms with van der Waals surface area (Å²) >= 11 is 0. The summed E-state index contributed by atoms with van der Waals surface area (Å²) in [5, 5.41) is 53.6. The molecule has 13 heteroatoms. The van der Waals surface area contributed by atoms with Crippen molar-refractivity contribution in [3.8, 4) is 0 Å². The number of rotatable bonds is 3. The second-order valence-corrected chi connectivity index (χ2v) is 2.02. The normalized spacial score (nSPS) is 11.6. The molecule has 0 aliphatic rings. The quantitative estimate of drug-likeness (QED) is 0.165. The van der Waals surface area contributed by atoms with Crippen LogP contribution in [0.4, 0.5) is 0 Å². The molecule has 0 N–H and O–H groups in total. The van der Waals surface area contributed by atoms with Crippen molar-refractivity contribution in [2.45, 2.75) is 12.6 Å². The van der Waals surface area contributed by atoms with Gasteiger partial charge in [0.25, 0.3) is 0 Å². The summed E-state index contributed by atoms with van der Waals surface area (Å²) in [6.45, 7) is 0.450. The van der Waals surface area contributed by atoms with Crippen LogP contribution >= 0.6 is 0 Å². The van der Waals surface area contributed by atoms with Crippen LogP contribution in [0.1, 0.15) is 6.92 Å². The molecule has 0 saturated heterocycles. The maximum Gasteiger partial charge on any atom is 1.00 e. The number of carboxylic acids is 1. The van der Waals surface area contributed by atoms with Crippen molar-refractivity contribution in [1.29, 1.82) is 0 Å². The molecule has 0 aromatic carbocycles. The second-order valence-electron chi connectivity index (χ2n) is 2.02. The topological polar surface area (TPSA) is 163 Å². The van der Waals surface area contributed by atoms with E-state index < -0.39 is 21.4 Å². The van der Waals surface area contributed by atoms with E-state index in [0.29, 0.717) is 6.92 Å². The second kappa shape index (κ2) is 12.8. The zero-order chi connectivity index (χ0) is 10.6. The molecule has 0 atom stereocenters. The van der Waals surface area contributed by atoms with Gasteiger partial charge in [0, 0.05) is 0 Å². The Kier molecular flexibility index (Phi) is 21.7. The first-order valence-corrected chi connectivity index (χ1v) is 2.74. The monoisotopic (exact) mass is 308 g/mol. The van der Waals surface area contributed by atoms with Crippen LogP contribution in [0, 0.1) is 20.8 Å². The van der Waals surface area contributed by atoms with Crippen molar-refractivity contribution in [3.05, 3.63) is 20.8 Å². The van der Waals surface area contributed by atoms with Crippen LogP contribution in [0.2, 0.25) is 0 Å². The number of nitrogens with zero attached hydrogens (tertiary/aromatic N) is 4. The van der Waals surface area contributed by atoms with E-state index in [-0.39, 0.29) is 154 Å². The third-order valence-corrected chi connectivity index (χ3v) is 1.28. The first-order chi connectivity index (χ1) is 5.91. The standard InChI is InChI=1S/C3H6N4O6.3K/c1-3(2(8)9,6(12)4-10)7(13)5-11;;;/h10-11H,1H3,(H,8,9);;;/q;3*+1/p-3/b6-4-,7-5-;;;. The van der Waals surface area contributed by atoms with Crippen LogP contribution in [0.25, 0.3) is 0 Å². The molecule has 74 valence electrons. The summed E-state index contributed by atoms with van der Waals surface area (Å²) in [6, 6.07) is 0. The van der Waals surface area contributed by atoms with E-state index in [1.807, 2.05) is 0 Å². The zero-order valence-corrected chi connectivity index (χ0v) is 18.6. The molecule has 0 bridgehead atoms. The molecule has 0 radical (unpaired) electrons. The summed E-state index contributed by atoms with van der Waals surface area (Å²) < 4.78 is 0. The van der Waals surface area contributed by atoms with Gasteiger partial charge in [0.05, 0.1) is 6.92 Å². The van der Waals surface area contributed by atoms with E-state index in [4.69, 9.17) is 0 Å². The Bertz CT molecular complexity index is 264. The number of carbonyl (C=O) groups is 1. The van der Waals surface area contributed by atoms with Crippen LogP contribution in [0.15, 0.2) is 10.6 Å². The average molecular weight is 308 g/mol. The molecule has 0 heterocycles. The Balaban J connectivity index is -0.000000240. The smallest absolute Gasteiger partial charge is 0.739 e. The van der Waals surface area contributed by atoms with Crippen molar-refractivity contribution in [1.82, 2.24) is 0 Å². The average Bonchev–Trinajstić information content (AvgIpc) is 2.13. The van der Waals surface area contributed by atoms with E-state index in [9.17, 15) is 30.7 Å². The molecule has 0 aromatic rings. The van der Waals surface area contributed by atoms with Gasteiger partial charge < -0.3 is 30.7 Å². The number of carboxylic acid groups (broad SMARTS) is 1. The summed E-state index contributed by atoms with van der Waals surface area (Å²) in [7, 11) is 0. The number of hydrogen-bond acceptors (Lipinski definition) is 8. The van der Waals surface area contributed by atoms with Crippen LogP contribution in [0.5, 0.6) is 0 Å². The molecule has 0 saturated carbocycles. The van der Waals surface area contributed by atoms with Gasteiger partial charge in [-0.25, -0.2) is 0 Å². The zero-order valence-electron chi connectivity index (χ0n) is 9.24. The first-order valence-electron chi connectivity index (χ1n) is 2.74. The van der Waals surface area contributed by atoms with Crippen molar-refractivity contribution < 1.29 is 174 Å². The third kappa shape index (κ3) is 6.80. The largest absolute Gasteiger partial charge is 1.00 e. The van der Waals surface area contributed by atoms with Gasteiger partial charge in [-0.05, 0) is 20.3 Å². The summed E-state index contributed by atoms with van der Waals surface area (Å²) in [4.78, 5) is 8.17. The van der Waals surface area contributed by atoms with Gasteiger partial charge in [-0.3, -0.25) is 0 Å². The minimum atomic E-state index is -3.08. The van der Waals surface area contributed by atoms with E-state index >= 15 is 0 Å². The van der Waals surface area contributed by atoms with Crippen LogP contribution in [-0.2, 0) is 4.79 Å². The summed E-state index contributed by atoms with van der Waals surface area (Å²) in [5.74, 6) is -2.27. The fourth-order valence-electron chi connectivity index (χ4n) is 0.388. The third-order valence-electron chi connectivity index (χ3n) is 1.28. The molecule has 0 fully saturated rings. The molecular weight excluding hydrogens is 305 g/mol. The van der Waals surface area contributed by atoms with Gasteiger partial charge in [-0.2, -0.15) is 0 Å². The van der Waals surface area contributed by atoms with Crippen LogP contribution in [0.3, 0.4) is 0 Å².